The third-order valence-corrected chi connectivity index (χ3v) is 4.47. The molecule has 0 aliphatic rings. The van der Waals surface area contributed by atoms with E-state index >= 15 is 0 Å². The Morgan fingerprint density at radius 3 is 2.79 bits per heavy atom. The van der Waals surface area contributed by atoms with E-state index in [1.54, 1.807) is 6.92 Å². The average Bonchev–Trinajstić information content (AvgIpc) is 2.52. The number of carbonyl (C=O) groups excluding carboxylic acids is 1. The number of amides is 1. The highest BCUT2D eigenvalue weighted by atomic mass is 79.9. The fraction of sp³-hybridized carbons (Fsp3) is 0.333. The summed E-state index contributed by atoms with van der Waals surface area (Å²) in [7, 11) is 0. The van der Waals surface area contributed by atoms with Gasteiger partial charge in [-0.05, 0) is 55.1 Å². The number of hydrogen-bond acceptors (Lipinski definition) is 4. The number of nitrogens with one attached hydrogen (secondary N) is 1. The normalized spacial score (nSPS) is 12.2. The van der Waals surface area contributed by atoms with E-state index in [1.165, 1.54) is 11.8 Å². The van der Waals surface area contributed by atoms with E-state index < -0.39 is 11.0 Å². The molecule has 2 aromatic rings. The van der Waals surface area contributed by atoms with Crippen LogP contribution in [0.15, 0.2) is 34.8 Å². The molecule has 6 heteroatoms. The van der Waals surface area contributed by atoms with E-state index in [0.29, 0.717) is 10.4 Å². The minimum Gasteiger partial charge on any atom is -0.452 e. The van der Waals surface area contributed by atoms with Crippen molar-refractivity contribution in [1.82, 2.24) is 10.3 Å². The Kier molecular flexibility index (Phi) is 6.14. The molecule has 1 heterocycles. The molecule has 126 valence electrons. The van der Waals surface area contributed by atoms with Crippen molar-refractivity contribution in [3.8, 4) is 17.7 Å². The molecule has 0 saturated heterocycles. The number of pyridine rings is 1. The van der Waals surface area contributed by atoms with Gasteiger partial charge in [-0.2, -0.15) is 0 Å². The summed E-state index contributed by atoms with van der Waals surface area (Å²) in [6.07, 6.45) is 1.82. The highest BCUT2D eigenvalue weighted by Crippen LogP contribution is 2.29. The van der Waals surface area contributed by atoms with Gasteiger partial charge in [-0.3, -0.25) is 4.79 Å². The number of carbonyl (C=O) groups is 1. The zero-order valence-electron chi connectivity index (χ0n) is 14.0. The first-order valence-corrected chi connectivity index (χ1v) is 9.45. The highest BCUT2D eigenvalue weighted by Gasteiger charge is 2.26. The standard InChI is InChI=1S/C18H19BrN2O2S/c1-5-10-18(2,3)21-15(22)17(24-4)23-16-13(19)11-12-8-6-7-9-14(12)20-16/h6-9,11,17H,1-4H3,(H,21,22). The maximum absolute atomic E-state index is 12.5. The smallest absolute Gasteiger partial charge is 0.272 e. The third kappa shape index (κ3) is 4.65. The van der Waals surface area contributed by atoms with Crippen LogP contribution in [0.1, 0.15) is 20.8 Å². The molecular formula is C18H19BrN2O2S. The predicted molar refractivity (Wildman–Crippen MR) is 103 cm³/mol. The molecular weight excluding hydrogens is 388 g/mol. The Morgan fingerprint density at radius 2 is 2.12 bits per heavy atom. The quantitative estimate of drug-likeness (QED) is 0.602. The molecule has 1 aromatic carbocycles. The number of thioether (sulfide) groups is 1. The maximum Gasteiger partial charge on any atom is 0.272 e. The van der Waals surface area contributed by atoms with Crippen LogP contribution in [0.25, 0.3) is 10.9 Å². The number of benzene rings is 1. The summed E-state index contributed by atoms with van der Waals surface area (Å²) in [5, 5.41) is 3.88. The number of hydrogen-bond donors (Lipinski definition) is 1. The first kappa shape index (κ1) is 18.6. The number of nitrogens with zero attached hydrogens (tertiary/aromatic N) is 1. The van der Waals surface area contributed by atoms with Gasteiger partial charge in [-0.25, -0.2) is 4.98 Å². The average molecular weight is 407 g/mol. The molecule has 0 fully saturated rings. The second kappa shape index (κ2) is 7.91. The Bertz CT molecular complexity index is 812. The maximum atomic E-state index is 12.5. The fourth-order valence-corrected chi connectivity index (χ4v) is 3.06. The van der Waals surface area contributed by atoms with Crippen molar-refractivity contribution >= 4 is 44.5 Å². The lowest BCUT2D eigenvalue weighted by molar-refractivity contribution is -0.125. The van der Waals surface area contributed by atoms with E-state index in [0.717, 1.165) is 10.9 Å². The molecule has 0 saturated carbocycles. The van der Waals surface area contributed by atoms with Gasteiger partial charge in [0.05, 0.1) is 15.5 Å². The molecule has 0 radical (unpaired) electrons. The molecule has 4 nitrogen and oxygen atoms in total. The van der Waals surface area contributed by atoms with E-state index in [4.69, 9.17) is 4.74 Å². The van der Waals surface area contributed by atoms with Crippen LogP contribution in [0, 0.1) is 11.8 Å². The van der Waals surface area contributed by atoms with Crippen molar-refractivity contribution in [3.05, 3.63) is 34.8 Å². The van der Waals surface area contributed by atoms with Crippen molar-refractivity contribution in [2.24, 2.45) is 0 Å². The molecule has 0 bridgehead atoms. The summed E-state index contributed by atoms with van der Waals surface area (Å²) >= 11 is 4.76. The summed E-state index contributed by atoms with van der Waals surface area (Å²) in [5.74, 6) is 5.93. The topological polar surface area (TPSA) is 51.2 Å². The van der Waals surface area contributed by atoms with Crippen LogP contribution in [-0.2, 0) is 4.79 Å². The van der Waals surface area contributed by atoms with E-state index in [1.807, 2.05) is 50.4 Å². The second-order valence-electron chi connectivity index (χ2n) is 5.64. The minimum atomic E-state index is -0.715. The molecule has 1 atom stereocenters. The van der Waals surface area contributed by atoms with Gasteiger partial charge in [0.25, 0.3) is 5.91 Å². The van der Waals surface area contributed by atoms with E-state index in [-0.39, 0.29) is 5.91 Å². The molecule has 0 aliphatic heterocycles. The number of rotatable bonds is 5. The molecule has 2 rings (SSSR count). The molecule has 1 aromatic heterocycles. The van der Waals surface area contributed by atoms with Crippen LogP contribution in [0.4, 0.5) is 0 Å². The van der Waals surface area contributed by atoms with Gasteiger partial charge in [0, 0.05) is 5.39 Å². The van der Waals surface area contributed by atoms with Crippen LogP contribution in [0.3, 0.4) is 0 Å². The summed E-state index contributed by atoms with van der Waals surface area (Å²) < 4.78 is 6.54. The monoisotopic (exact) mass is 406 g/mol. The van der Waals surface area contributed by atoms with E-state index in [9.17, 15) is 4.79 Å². The largest absolute Gasteiger partial charge is 0.452 e. The Balaban J connectivity index is 2.22. The lowest BCUT2D eigenvalue weighted by atomic mass is 10.1. The second-order valence-corrected chi connectivity index (χ2v) is 7.40. The summed E-state index contributed by atoms with van der Waals surface area (Å²) in [4.78, 5) is 17.0. The number of aromatic nitrogens is 1. The number of ether oxygens (including phenoxy) is 1. The first-order valence-electron chi connectivity index (χ1n) is 7.37. The lowest BCUT2D eigenvalue weighted by Gasteiger charge is -2.24. The number of fused-ring (bicyclic) bond motifs is 1. The Hall–Kier alpha value is -1.71. The van der Waals surface area contributed by atoms with Gasteiger partial charge < -0.3 is 10.1 Å². The third-order valence-electron chi connectivity index (χ3n) is 3.17. The predicted octanol–water partition coefficient (Wildman–Crippen LogP) is 3.98. The van der Waals surface area contributed by atoms with Gasteiger partial charge in [0.2, 0.25) is 11.3 Å². The summed E-state index contributed by atoms with van der Waals surface area (Å²) in [6, 6.07) is 9.67. The Labute approximate surface area is 154 Å². The molecule has 0 aliphatic carbocycles. The SMILES string of the molecule is CC#CC(C)(C)NC(=O)C(Oc1nc2ccccc2cc1Br)SC. The van der Waals surface area contributed by atoms with Crippen LogP contribution in [-0.4, -0.2) is 28.1 Å². The van der Waals surface area contributed by atoms with Gasteiger partial charge in [0.1, 0.15) is 0 Å². The zero-order valence-corrected chi connectivity index (χ0v) is 16.4. The van der Waals surface area contributed by atoms with Crippen LogP contribution in [0.2, 0.25) is 0 Å². The number of halogens is 1. The first-order chi connectivity index (χ1) is 11.4. The lowest BCUT2D eigenvalue weighted by Crippen LogP contribution is -2.47. The van der Waals surface area contributed by atoms with Crippen LogP contribution < -0.4 is 10.1 Å². The van der Waals surface area contributed by atoms with Gasteiger partial charge in [-0.1, -0.05) is 24.1 Å². The molecule has 1 N–H and O–H groups in total. The van der Waals surface area contributed by atoms with Gasteiger partial charge in [-0.15, -0.1) is 17.7 Å². The molecule has 24 heavy (non-hydrogen) atoms. The van der Waals surface area contributed by atoms with Crippen molar-refractivity contribution in [2.75, 3.05) is 6.26 Å². The highest BCUT2D eigenvalue weighted by molar-refractivity contribution is 9.10. The van der Waals surface area contributed by atoms with Crippen molar-refractivity contribution in [2.45, 2.75) is 31.7 Å². The van der Waals surface area contributed by atoms with Crippen molar-refractivity contribution in [3.63, 3.8) is 0 Å². The molecule has 1 amide bonds. The van der Waals surface area contributed by atoms with Crippen molar-refractivity contribution < 1.29 is 9.53 Å². The molecule has 1 unspecified atom stereocenters. The summed E-state index contributed by atoms with van der Waals surface area (Å²) in [6.45, 7) is 5.44. The minimum absolute atomic E-state index is 0.239. The summed E-state index contributed by atoms with van der Waals surface area (Å²) in [5.41, 5.74) is -0.516. The van der Waals surface area contributed by atoms with Gasteiger partial charge >= 0.3 is 0 Å². The zero-order chi connectivity index (χ0) is 17.7. The van der Waals surface area contributed by atoms with Gasteiger partial charge in [0.15, 0.2) is 0 Å². The molecule has 0 spiro atoms. The van der Waals surface area contributed by atoms with Crippen LogP contribution >= 0.6 is 27.7 Å². The Morgan fingerprint density at radius 1 is 1.42 bits per heavy atom. The fourth-order valence-electron chi connectivity index (χ4n) is 2.18. The van der Waals surface area contributed by atoms with Crippen molar-refractivity contribution in [1.29, 1.82) is 0 Å². The number of para-hydroxylation sites is 1. The van der Waals surface area contributed by atoms with E-state index in [2.05, 4.69) is 38.1 Å². The van der Waals surface area contributed by atoms with Crippen LogP contribution in [0.5, 0.6) is 5.88 Å².